The summed E-state index contributed by atoms with van der Waals surface area (Å²) >= 11 is 0. The number of hydrogen-bond donors (Lipinski definition) is 2. The largest absolute Gasteiger partial charge is 0.325 e. The minimum Gasteiger partial charge on any atom is -0.314 e. The number of allylic oxidation sites excluding steroid dienone is 1. The molecule has 0 fully saturated rings. The molecule has 1 heterocycles. The summed E-state index contributed by atoms with van der Waals surface area (Å²) in [6, 6.07) is 1.24. The average molecular weight is 168 g/mol. The Balaban J connectivity index is 0.000000261. The molecule has 0 aromatic carbocycles. The molecule has 0 radical (unpaired) electrons. The van der Waals surface area contributed by atoms with E-state index in [9.17, 15) is 9.59 Å². The van der Waals surface area contributed by atoms with Crippen LogP contribution in [-0.4, -0.2) is 16.3 Å². The van der Waals surface area contributed by atoms with Crippen molar-refractivity contribution in [3.05, 3.63) is 45.8 Å². The summed E-state index contributed by atoms with van der Waals surface area (Å²) in [5.41, 5.74) is -0.855. The highest BCUT2D eigenvalue weighted by Crippen LogP contribution is 1.51. The molecule has 0 amide bonds. The maximum atomic E-state index is 10.2. The second-order valence-corrected chi connectivity index (χ2v) is 1.67. The van der Waals surface area contributed by atoms with E-state index < -0.39 is 5.69 Å². The van der Waals surface area contributed by atoms with E-state index in [1.165, 1.54) is 18.3 Å². The fourth-order valence-corrected chi connectivity index (χ4v) is 0.383. The van der Waals surface area contributed by atoms with E-state index in [0.717, 1.165) is 0 Å². The first-order valence-corrected chi connectivity index (χ1v) is 3.05. The van der Waals surface area contributed by atoms with Crippen LogP contribution in [0.15, 0.2) is 34.5 Å². The van der Waals surface area contributed by atoms with E-state index in [1.807, 2.05) is 4.98 Å². The summed E-state index contributed by atoms with van der Waals surface area (Å²) < 4.78 is 0. The second-order valence-electron chi connectivity index (χ2n) is 1.67. The van der Waals surface area contributed by atoms with Gasteiger partial charge in [0.1, 0.15) is 6.29 Å². The molecule has 0 atom stereocenters. The molecule has 12 heavy (non-hydrogen) atoms. The fraction of sp³-hybridized carbons (Fsp3) is 0. The van der Waals surface area contributed by atoms with Gasteiger partial charge in [-0.1, -0.05) is 6.58 Å². The van der Waals surface area contributed by atoms with Crippen molar-refractivity contribution >= 4 is 6.29 Å². The van der Waals surface area contributed by atoms with Crippen LogP contribution in [0.25, 0.3) is 0 Å². The number of carbonyl (C=O) groups excluding carboxylic acids is 1. The highest BCUT2D eigenvalue weighted by Gasteiger charge is 1.77. The zero-order chi connectivity index (χ0) is 9.40. The molecule has 1 aromatic rings. The Morgan fingerprint density at radius 1 is 1.42 bits per heavy atom. The first kappa shape index (κ1) is 10.1. The van der Waals surface area contributed by atoms with Crippen molar-refractivity contribution in [2.45, 2.75) is 0 Å². The van der Waals surface area contributed by atoms with Crippen molar-refractivity contribution in [2.75, 3.05) is 0 Å². The summed E-state index contributed by atoms with van der Waals surface area (Å²) in [4.78, 5) is 33.7. The Kier molecular flexibility index (Phi) is 4.91. The standard InChI is InChI=1S/C4H4N2O2.C3H4O/c7-3-1-2-5-4(8)6-3;1-2-3-4/h1-2H,(H2,5,6,7,8);2-3H,1H2. The fourth-order valence-electron chi connectivity index (χ4n) is 0.383. The molecule has 1 aromatic heterocycles. The molecule has 0 unspecified atom stereocenters. The molecule has 0 bridgehead atoms. The van der Waals surface area contributed by atoms with E-state index in [0.29, 0.717) is 6.29 Å². The van der Waals surface area contributed by atoms with Crippen molar-refractivity contribution in [1.82, 2.24) is 9.97 Å². The van der Waals surface area contributed by atoms with Gasteiger partial charge in [0.15, 0.2) is 0 Å². The maximum absolute atomic E-state index is 10.2. The predicted molar refractivity (Wildman–Crippen MR) is 43.9 cm³/mol. The van der Waals surface area contributed by atoms with Gasteiger partial charge < -0.3 is 4.98 Å². The molecular formula is C7H8N2O3. The van der Waals surface area contributed by atoms with Gasteiger partial charge in [0.05, 0.1) is 0 Å². The number of rotatable bonds is 1. The van der Waals surface area contributed by atoms with E-state index in [-0.39, 0.29) is 5.56 Å². The van der Waals surface area contributed by atoms with Crippen molar-refractivity contribution in [3.8, 4) is 0 Å². The van der Waals surface area contributed by atoms with Crippen LogP contribution in [0.4, 0.5) is 0 Å². The van der Waals surface area contributed by atoms with Crippen molar-refractivity contribution in [1.29, 1.82) is 0 Å². The molecule has 1 rings (SSSR count). The minimum atomic E-state index is -0.475. The molecule has 0 aliphatic rings. The van der Waals surface area contributed by atoms with Crippen molar-refractivity contribution in [2.24, 2.45) is 0 Å². The van der Waals surface area contributed by atoms with Gasteiger partial charge in [-0.05, 0) is 6.08 Å². The first-order valence-electron chi connectivity index (χ1n) is 3.05. The summed E-state index contributed by atoms with van der Waals surface area (Å²) in [5, 5.41) is 0. The Bertz CT molecular complexity index is 319. The lowest BCUT2D eigenvalue weighted by molar-refractivity contribution is -0.104. The lowest BCUT2D eigenvalue weighted by atomic mass is 10.7. The van der Waals surface area contributed by atoms with E-state index in [1.54, 1.807) is 0 Å². The monoisotopic (exact) mass is 168 g/mol. The molecule has 5 heteroatoms. The van der Waals surface area contributed by atoms with E-state index in [2.05, 4.69) is 11.6 Å². The van der Waals surface area contributed by atoms with Crippen LogP contribution in [0.3, 0.4) is 0 Å². The van der Waals surface area contributed by atoms with Crippen LogP contribution in [0.2, 0.25) is 0 Å². The second kappa shape index (κ2) is 5.84. The number of H-pyrrole nitrogens is 2. The average Bonchev–Trinajstić information content (AvgIpc) is 2.04. The summed E-state index contributed by atoms with van der Waals surface area (Å²) in [6.45, 7) is 3.11. The Labute approximate surface area is 67.8 Å². The van der Waals surface area contributed by atoms with Gasteiger partial charge in [0.2, 0.25) is 0 Å². The molecule has 64 valence electrons. The normalized spacial score (nSPS) is 7.67. The zero-order valence-corrected chi connectivity index (χ0v) is 6.24. The van der Waals surface area contributed by atoms with E-state index >= 15 is 0 Å². The van der Waals surface area contributed by atoms with Gasteiger partial charge in [-0.3, -0.25) is 14.6 Å². The highest BCUT2D eigenvalue weighted by molar-refractivity contribution is 5.63. The molecule has 0 spiro atoms. The third-order valence-electron chi connectivity index (χ3n) is 0.782. The van der Waals surface area contributed by atoms with Gasteiger partial charge in [-0.15, -0.1) is 0 Å². The van der Waals surface area contributed by atoms with Gasteiger partial charge in [-0.2, -0.15) is 0 Å². The lowest BCUT2D eigenvalue weighted by Gasteiger charge is -1.75. The molecule has 0 saturated carbocycles. The number of carbonyl (C=O) groups is 1. The van der Waals surface area contributed by atoms with Crippen LogP contribution < -0.4 is 11.2 Å². The Morgan fingerprint density at radius 2 is 2.00 bits per heavy atom. The summed E-state index contributed by atoms with van der Waals surface area (Å²) in [7, 11) is 0. The summed E-state index contributed by atoms with van der Waals surface area (Å²) in [6.07, 6.45) is 3.13. The number of hydrogen-bond acceptors (Lipinski definition) is 3. The van der Waals surface area contributed by atoms with Gasteiger partial charge in [0, 0.05) is 12.3 Å². The molecular weight excluding hydrogens is 160 g/mol. The van der Waals surface area contributed by atoms with Crippen molar-refractivity contribution < 1.29 is 4.79 Å². The van der Waals surface area contributed by atoms with Crippen LogP contribution in [-0.2, 0) is 4.79 Å². The lowest BCUT2D eigenvalue weighted by Crippen LogP contribution is -2.19. The topological polar surface area (TPSA) is 82.8 Å². The molecule has 0 aliphatic heterocycles. The SMILES string of the molecule is C=CC=O.O=c1cc[nH]c(=O)[nH]1. The van der Waals surface area contributed by atoms with Gasteiger partial charge in [-0.25, -0.2) is 4.79 Å². The predicted octanol–water partition coefficient (Wildman–Crippen LogP) is -0.566. The molecule has 2 N–H and O–H groups in total. The van der Waals surface area contributed by atoms with Crippen LogP contribution in [0.1, 0.15) is 0 Å². The van der Waals surface area contributed by atoms with Crippen LogP contribution in [0.5, 0.6) is 0 Å². The minimum absolute atomic E-state index is 0.381. The van der Waals surface area contributed by atoms with Crippen LogP contribution >= 0.6 is 0 Å². The first-order chi connectivity index (χ1) is 5.70. The zero-order valence-electron chi connectivity index (χ0n) is 6.24. The quantitative estimate of drug-likeness (QED) is 0.435. The number of aromatic nitrogens is 2. The summed E-state index contributed by atoms with van der Waals surface area (Å²) in [5.74, 6) is 0. The van der Waals surface area contributed by atoms with Crippen LogP contribution in [0, 0.1) is 0 Å². The Hall–Kier alpha value is -1.91. The number of nitrogens with one attached hydrogen (secondary N) is 2. The maximum Gasteiger partial charge on any atom is 0.325 e. The molecule has 0 aliphatic carbocycles. The van der Waals surface area contributed by atoms with E-state index in [4.69, 9.17) is 4.79 Å². The highest BCUT2D eigenvalue weighted by atomic mass is 16.2. The van der Waals surface area contributed by atoms with Gasteiger partial charge >= 0.3 is 5.69 Å². The Morgan fingerprint density at radius 3 is 2.25 bits per heavy atom. The van der Waals surface area contributed by atoms with Gasteiger partial charge in [0.25, 0.3) is 5.56 Å². The smallest absolute Gasteiger partial charge is 0.314 e. The third-order valence-corrected chi connectivity index (χ3v) is 0.782. The molecule has 5 nitrogen and oxygen atoms in total. The van der Waals surface area contributed by atoms with Crippen molar-refractivity contribution in [3.63, 3.8) is 0 Å². The third kappa shape index (κ3) is 4.92. The molecule has 0 saturated heterocycles. The number of aldehydes is 1. The number of aromatic amines is 2.